The first-order chi connectivity index (χ1) is 16.9. The van der Waals surface area contributed by atoms with Crippen molar-refractivity contribution in [2.24, 2.45) is 0 Å². The first-order valence-corrected chi connectivity index (χ1v) is 18.5. The molecule has 0 spiro atoms. The molecule has 0 saturated heterocycles. The molecule has 0 atom stereocenters. The Bertz CT molecular complexity index is 1660. The first-order valence-electron chi connectivity index (χ1n) is 12.7. The van der Waals surface area contributed by atoms with Gasteiger partial charge in [-0.3, -0.25) is 4.98 Å². The van der Waals surface area contributed by atoms with E-state index in [0.29, 0.717) is 0 Å². The van der Waals surface area contributed by atoms with Gasteiger partial charge >= 0.3 is 0 Å². The number of nitrogens with zero attached hydrogens (tertiary/aromatic N) is 1. The summed E-state index contributed by atoms with van der Waals surface area (Å²) in [5.74, 6) is 0.884. The van der Waals surface area contributed by atoms with E-state index in [1.54, 1.807) is 0 Å². The maximum absolute atomic E-state index is 6.64. The molecule has 1 aliphatic rings. The Kier molecular flexibility index (Phi) is 5.04. The maximum Gasteiger partial charge on any atom is 0.206 e. The van der Waals surface area contributed by atoms with Crippen LogP contribution in [-0.4, -0.2) is 21.6 Å². The van der Waals surface area contributed by atoms with Crippen LogP contribution >= 0.6 is 0 Å². The van der Waals surface area contributed by atoms with Crippen molar-refractivity contribution in [2.45, 2.75) is 52.4 Å². The third kappa shape index (κ3) is 3.69. The largest absolute Gasteiger partial charge is 0.454 e. The van der Waals surface area contributed by atoms with E-state index in [1.807, 2.05) is 12.3 Å². The minimum Gasteiger partial charge on any atom is -0.454 e. The van der Waals surface area contributed by atoms with Gasteiger partial charge in [0.15, 0.2) is 5.58 Å². The fraction of sp³-hybridized carbons (Fsp3) is 0.258. The van der Waals surface area contributed by atoms with E-state index >= 15 is 0 Å². The van der Waals surface area contributed by atoms with Crippen LogP contribution < -0.4 is 10.4 Å². The second-order valence-corrected chi connectivity index (χ2v) is 20.0. The van der Waals surface area contributed by atoms with Gasteiger partial charge in [0.2, 0.25) is 16.6 Å². The highest BCUT2D eigenvalue weighted by atomic mass is 28.4. The van der Waals surface area contributed by atoms with Gasteiger partial charge in [-0.15, -0.1) is 0 Å². The molecule has 2 aromatic heterocycles. The van der Waals surface area contributed by atoms with Crippen LogP contribution in [0.3, 0.4) is 0 Å². The minimum atomic E-state index is -1.91. The Hall–Kier alpha value is -3.00. The topological polar surface area (TPSA) is 35.3 Å². The number of rotatable bonds is 2. The SMILES string of the molecule is CC(C)(C)c1cc(-c2nccc3cc(-c4ccc5c(c4)[Si](C)(C)O[Si]5(C)C)oc23)cc2ccccc12. The molecule has 0 amide bonds. The smallest absolute Gasteiger partial charge is 0.206 e. The molecule has 0 unspecified atom stereocenters. The number of benzene rings is 3. The van der Waals surface area contributed by atoms with Gasteiger partial charge in [0.1, 0.15) is 11.5 Å². The number of furan rings is 1. The molecule has 5 heteroatoms. The molecule has 182 valence electrons. The normalized spacial score (nSPS) is 16.5. The van der Waals surface area contributed by atoms with Gasteiger partial charge < -0.3 is 8.53 Å². The van der Waals surface area contributed by atoms with E-state index in [-0.39, 0.29) is 5.41 Å². The molecule has 3 nitrogen and oxygen atoms in total. The summed E-state index contributed by atoms with van der Waals surface area (Å²) in [5, 5.41) is 6.44. The molecule has 36 heavy (non-hydrogen) atoms. The molecule has 6 rings (SSSR count). The van der Waals surface area contributed by atoms with Crippen molar-refractivity contribution in [3.05, 3.63) is 78.5 Å². The average Bonchev–Trinajstić information content (AvgIpc) is 3.33. The number of hydrogen-bond donors (Lipinski definition) is 0. The zero-order chi connectivity index (χ0) is 25.5. The van der Waals surface area contributed by atoms with Gasteiger partial charge in [-0.2, -0.15) is 0 Å². The molecule has 0 aliphatic carbocycles. The quantitative estimate of drug-likeness (QED) is 0.233. The van der Waals surface area contributed by atoms with Gasteiger partial charge in [0, 0.05) is 22.7 Å². The molecule has 1 aliphatic heterocycles. The second kappa shape index (κ2) is 7.75. The third-order valence-electron chi connectivity index (χ3n) is 7.49. The number of fused-ring (bicyclic) bond motifs is 3. The highest BCUT2D eigenvalue weighted by molar-refractivity contribution is 7.05. The Labute approximate surface area is 215 Å². The molecule has 0 bridgehead atoms. The van der Waals surface area contributed by atoms with Crippen molar-refractivity contribution < 1.29 is 8.53 Å². The van der Waals surface area contributed by atoms with Crippen molar-refractivity contribution >= 4 is 48.7 Å². The molecule has 3 heterocycles. The van der Waals surface area contributed by atoms with Gasteiger partial charge in [-0.05, 0) is 88.6 Å². The molecule has 5 aromatic rings. The Morgan fingerprint density at radius 1 is 0.722 bits per heavy atom. The lowest BCUT2D eigenvalue weighted by Crippen LogP contribution is -2.43. The summed E-state index contributed by atoms with van der Waals surface area (Å²) in [6.45, 7) is 16.0. The van der Waals surface area contributed by atoms with Crippen molar-refractivity contribution in [2.75, 3.05) is 0 Å². The van der Waals surface area contributed by atoms with Gasteiger partial charge in [-0.25, -0.2) is 0 Å². The summed E-state index contributed by atoms with van der Waals surface area (Å²) >= 11 is 0. The highest BCUT2D eigenvalue weighted by Crippen LogP contribution is 2.38. The monoisotopic (exact) mass is 507 g/mol. The molecule has 0 saturated carbocycles. The first kappa shape index (κ1) is 23.4. The lowest BCUT2D eigenvalue weighted by Gasteiger charge is -2.22. The van der Waals surface area contributed by atoms with E-state index in [4.69, 9.17) is 13.5 Å². The van der Waals surface area contributed by atoms with Crippen LogP contribution in [0.5, 0.6) is 0 Å². The average molecular weight is 508 g/mol. The predicted octanol–water partition coefficient (Wildman–Crippen LogP) is 7.47. The predicted molar refractivity (Wildman–Crippen MR) is 156 cm³/mol. The summed E-state index contributed by atoms with van der Waals surface area (Å²) in [5.41, 5.74) is 5.26. The lowest BCUT2D eigenvalue weighted by molar-refractivity contribution is 0.583. The van der Waals surface area contributed by atoms with Crippen molar-refractivity contribution in [3.63, 3.8) is 0 Å². The Morgan fingerprint density at radius 3 is 2.25 bits per heavy atom. The van der Waals surface area contributed by atoms with E-state index in [1.165, 1.54) is 26.7 Å². The molecule has 0 radical (unpaired) electrons. The van der Waals surface area contributed by atoms with E-state index in [9.17, 15) is 0 Å². The van der Waals surface area contributed by atoms with E-state index in [2.05, 4.69) is 108 Å². The number of hydrogen-bond acceptors (Lipinski definition) is 3. The maximum atomic E-state index is 6.64. The summed E-state index contributed by atoms with van der Waals surface area (Å²) in [7, 11) is -3.73. The standard InChI is InChI=1S/C31H33NO2Si2/c1-31(2,3)25-17-23(16-20-10-8-9-11-24(20)25)29-30-22(14-15-32-29)18-26(33-30)21-12-13-27-28(19-21)36(6,7)34-35(27,4)5/h8-19H,1-7H3. The highest BCUT2D eigenvalue weighted by Gasteiger charge is 2.46. The fourth-order valence-corrected chi connectivity index (χ4v) is 16.1. The van der Waals surface area contributed by atoms with Crippen LogP contribution in [0.15, 0.2) is 77.3 Å². The Balaban J connectivity index is 1.52. The number of aromatic nitrogens is 1. The lowest BCUT2D eigenvalue weighted by atomic mass is 9.82. The van der Waals surface area contributed by atoms with Crippen molar-refractivity contribution in [1.82, 2.24) is 4.98 Å². The summed E-state index contributed by atoms with van der Waals surface area (Å²) in [6.07, 6.45) is 1.89. The van der Waals surface area contributed by atoms with Crippen LogP contribution in [0.4, 0.5) is 0 Å². The van der Waals surface area contributed by atoms with Gasteiger partial charge in [-0.1, -0.05) is 57.2 Å². The Morgan fingerprint density at radius 2 is 1.47 bits per heavy atom. The van der Waals surface area contributed by atoms with Crippen molar-refractivity contribution in [3.8, 4) is 22.6 Å². The van der Waals surface area contributed by atoms with Crippen LogP contribution in [-0.2, 0) is 9.53 Å². The van der Waals surface area contributed by atoms with Gasteiger partial charge in [0.25, 0.3) is 0 Å². The van der Waals surface area contributed by atoms with Crippen LogP contribution in [0, 0.1) is 0 Å². The zero-order valence-corrected chi connectivity index (χ0v) is 24.2. The van der Waals surface area contributed by atoms with Crippen LogP contribution in [0.25, 0.3) is 44.3 Å². The minimum absolute atomic E-state index is 0.0120. The summed E-state index contributed by atoms with van der Waals surface area (Å²) in [6, 6.07) is 24.1. The molecule has 0 fully saturated rings. The second-order valence-electron chi connectivity index (χ2n) is 12.1. The molecule has 0 N–H and O–H groups in total. The van der Waals surface area contributed by atoms with E-state index in [0.717, 1.165) is 33.6 Å². The van der Waals surface area contributed by atoms with E-state index < -0.39 is 16.6 Å². The molecular formula is C31H33NO2Si2. The van der Waals surface area contributed by atoms with Crippen LogP contribution in [0.2, 0.25) is 26.2 Å². The fourth-order valence-electron chi connectivity index (χ4n) is 5.85. The van der Waals surface area contributed by atoms with Gasteiger partial charge in [0.05, 0.1) is 0 Å². The summed E-state index contributed by atoms with van der Waals surface area (Å²) in [4.78, 5) is 4.81. The number of pyridine rings is 1. The zero-order valence-electron chi connectivity index (χ0n) is 22.2. The van der Waals surface area contributed by atoms with Crippen molar-refractivity contribution in [1.29, 1.82) is 0 Å². The molecular weight excluding hydrogens is 475 g/mol. The molecule has 3 aromatic carbocycles. The van der Waals surface area contributed by atoms with Crippen LogP contribution in [0.1, 0.15) is 26.3 Å². The third-order valence-corrected chi connectivity index (χ3v) is 15.3. The summed E-state index contributed by atoms with van der Waals surface area (Å²) < 4.78 is 13.2.